The summed E-state index contributed by atoms with van der Waals surface area (Å²) in [6, 6.07) is 6.45. The van der Waals surface area contributed by atoms with Gasteiger partial charge in [0.15, 0.2) is 0 Å². The molecule has 1 aromatic rings. The van der Waals surface area contributed by atoms with E-state index < -0.39 is 4.92 Å². The molecule has 1 aromatic carbocycles. The van der Waals surface area contributed by atoms with Gasteiger partial charge in [0.05, 0.1) is 11.3 Å². The molecule has 1 heterocycles. The number of carbonyl (C=O) groups excluding carboxylic acids is 1. The Morgan fingerprint density at radius 3 is 2.53 bits per heavy atom. The topological polar surface area (TPSA) is 84.3 Å². The summed E-state index contributed by atoms with van der Waals surface area (Å²) in [7, 11) is 0. The molecule has 100 valence electrons. The van der Waals surface area contributed by atoms with Gasteiger partial charge in [0.1, 0.15) is 0 Å². The third kappa shape index (κ3) is 2.44. The number of benzene rings is 1. The highest BCUT2D eigenvalue weighted by Gasteiger charge is 2.53. The average molecular weight is 261 g/mol. The summed E-state index contributed by atoms with van der Waals surface area (Å²) in [6.45, 7) is 1.99. The number of piperidine rings is 1. The fourth-order valence-electron chi connectivity index (χ4n) is 2.79. The highest BCUT2D eigenvalue weighted by molar-refractivity contribution is 5.79. The van der Waals surface area contributed by atoms with E-state index in [4.69, 9.17) is 0 Å². The second-order valence-electron chi connectivity index (χ2n) is 5.18. The number of nitrogens with one attached hydrogen (secondary N) is 2. The van der Waals surface area contributed by atoms with Crippen molar-refractivity contribution in [3.05, 3.63) is 39.9 Å². The molecule has 2 fully saturated rings. The predicted octanol–water partition coefficient (Wildman–Crippen LogP) is 0.471. The first-order chi connectivity index (χ1) is 9.15. The van der Waals surface area contributed by atoms with Gasteiger partial charge in [0, 0.05) is 31.3 Å². The second-order valence-corrected chi connectivity index (χ2v) is 5.18. The zero-order chi connectivity index (χ0) is 13.4. The lowest BCUT2D eigenvalue weighted by molar-refractivity contribution is -0.384. The number of non-ortho nitro benzene ring substituents is 1. The number of hydrogen-bond acceptors (Lipinski definition) is 4. The fourth-order valence-corrected chi connectivity index (χ4v) is 2.79. The van der Waals surface area contributed by atoms with Crippen molar-refractivity contribution < 1.29 is 9.72 Å². The summed E-state index contributed by atoms with van der Waals surface area (Å²) in [5, 5.41) is 16.8. The molecule has 2 unspecified atom stereocenters. The molecule has 0 aromatic heterocycles. The maximum absolute atomic E-state index is 11.8. The van der Waals surface area contributed by atoms with Gasteiger partial charge in [-0.3, -0.25) is 14.9 Å². The van der Waals surface area contributed by atoms with E-state index in [9.17, 15) is 14.9 Å². The number of fused-ring (bicyclic) bond motifs is 1. The van der Waals surface area contributed by atoms with Crippen LogP contribution in [0.4, 0.5) is 5.69 Å². The fraction of sp³-hybridized carbons (Fsp3) is 0.462. The van der Waals surface area contributed by atoms with Crippen molar-refractivity contribution >= 4 is 11.6 Å². The summed E-state index contributed by atoms with van der Waals surface area (Å²) in [4.78, 5) is 21.9. The molecule has 19 heavy (non-hydrogen) atoms. The summed E-state index contributed by atoms with van der Waals surface area (Å²) in [5.74, 6) is 1.19. The zero-order valence-electron chi connectivity index (χ0n) is 10.3. The molecule has 2 atom stereocenters. The maximum atomic E-state index is 11.8. The smallest absolute Gasteiger partial charge is 0.269 e. The highest BCUT2D eigenvalue weighted by Crippen LogP contribution is 2.41. The van der Waals surface area contributed by atoms with Crippen molar-refractivity contribution in [2.24, 2.45) is 11.8 Å². The average Bonchev–Trinajstić information content (AvgIpc) is 2.84. The lowest BCUT2D eigenvalue weighted by atomic mass is 10.1. The van der Waals surface area contributed by atoms with Crippen molar-refractivity contribution in [3.8, 4) is 0 Å². The van der Waals surface area contributed by atoms with Gasteiger partial charge >= 0.3 is 0 Å². The van der Waals surface area contributed by atoms with E-state index in [-0.39, 0.29) is 18.0 Å². The summed E-state index contributed by atoms with van der Waals surface area (Å²) < 4.78 is 0. The molecule has 3 rings (SSSR count). The number of amides is 1. The van der Waals surface area contributed by atoms with Gasteiger partial charge in [0.25, 0.3) is 5.69 Å². The lowest BCUT2D eigenvalue weighted by Crippen LogP contribution is -2.33. The van der Waals surface area contributed by atoms with Crippen LogP contribution in [-0.4, -0.2) is 30.0 Å². The minimum Gasteiger partial charge on any atom is -0.352 e. The van der Waals surface area contributed by atoms with Crippen LogP contribution in [0.15, 0.2) is 24.3 Å². The molecule has 6 nitrogen and oxygen atoms in total. The molecule has 2 N–H and O–H groups in total. The van der Waals surface area contributed by atoms with Crippen LogP contribution in [0.25, 0.3) is 0 Å². The predicted molar refractivity (Wildman–Crippen MR) is 68.6 cm³/mol. The molecular weight excluding hydrogens is 246 g/mol. The van der Waals surface area contributed by atoms with E-state index >= 15 is 0 Å². The monoisotopic (exact) mass is 261 g/mol. The van der Waals surface area contributed by atoms with Gasteiger partial charge in [-0.1, -0.05) is 12.1 Å². The third-order valence-corrected chi connectivity index (χ3v) is 3.93. The first-order valence-electron chi connectivity index (χ1n) is 6.38. The minimum atomic E-state index is -0.442. The number of hydrogen-bond donors (Lipinski definition) is 2. The van der Waals surface area contributed by atoms with E-state index in [1.807, 2.05) is 0 Å². The molecular formula is C13H15N3O3. The van der Waals surface area contributed by atoms with E-state index in [0.717, 1.165) is 18.7 Å². The number of rotatable bonds is 4. The van der Waals surface area contributed by atoms with Crippen LogP contribution < -0.4 is 10.6 Å². The van der Waals surface area contributed by atoms with Gasteiger partial charge in [-0.25, -0.2) is 0 Å². The van der Waals surface area contributed by atoms with E-state index in [1.54, 1.807) is 12.1 Å². The Hall–Kier alpha value is -1.95. The number of carbonyl (C=O) groups is 1. The zero-order valence-corrected chi connectivity index (χ0v) is 10.3. The number of nitro groups is 1. The van der Waals surface area contributed by atoms with Crippen molar-refractivity contribution in [2.75, 3.05) is 13.1 Å². The third-order valence-electron chi connectivity index (χ3n) is 3.93. The minimum absolute atomic E-state index is 0.00625. The van der Waals surface area contributed by atoms with Gasteiger partial charge in [0.2, 0.25) is 5.91 Å². The van der Waals surface area contributed by atoms with Crippen LogP contribution in [0.3, 0.4) is 0 Å². The van der Waals surface area contributed by atoms with Crippen LogP contribution in [0, 0.1) is 22.0 Å². The molecule has 2 aliphatic rings. The molecule has 1 saturated heterocycles. The summed E-state index contributed by atoms with van der Waals surface area (Å²) >= 11 is 0. The Balaban J connectivity index is 1.53. The van der Waals surface area contributed by atoms with Crippen LogP contribution in [-0.2, 0) is 11.2 Å². The Morgan fingerprint density at radius 2 is 1.95 bits per heavy atom. The summed E-state index contributed by atoms with van der Waals surface area (Å²) in [5.41, 5.74) is 0.846. The first kappa shape index (κ1) is 12.1. The molecule has 1 amide bonds. The van der Waals surface area contributed by atoms with Gasteiger partial charge < -0.3 is 10.6 Å². The Kier molecular flexibility index (Phi) is 2.94. The van der Waals surface area contributed by atoms with Gasteiger partial charge in [-0.2, -0.15) is 0 Å². The van der Waals surface area contributed by atoms with Crippen molar-refractivity contribution in [1.82, 2.24) is 10.6 Å². The molecule has 0 radical (unpaired) electrons. The maximum Gasteiger partial charge on any atom is 0.269 e. The van der Waals surface area contributed by atoms with Gasteiger partial charge in [-0.15, -0.1) is 0 Å². The van der Waals surface area contributed by atoms with Crippen molar-refractivity contribution in [2.45, 2.75) is 12.5 Å². The van der Waals surface area contributed by atoms with Gasteiger partial charge in [-0.05, 0) is 17.4 Å². The summed E-state index contributed by atoms with van der Waals surface area (Å²) in [6.07, 6.45) is 0.279. The lowest BCUT2D eigenvalue weighted by Gasteiger charge is -2.07. The molecule has 0 bridgehead atoms. The molecule has 6 heteroatoms. The largest absolute Gasteiger partial charge is 0.352 e. The molecule has 1 aliphatic heterocycles. The SMILES string of the molecule is O=C(Cc1ccc([N+](=O)[O-])cc1)NC1C2CNCC21. The van der Waals surface area contributed by atoms with E-state index in [1.165, 1.54) is 12.1 Å². The van der Waals surface area contributed by atoms with Crippen LogP contribution >= 0.6 is 0 Å². The molecule has 1 aliphatic carbocycles. The first-order valence-corrected chi connectivity index (χ1v) is 6.38. The van der Waals surface area contributed by atoms with Crippen molar-refractivity contribution in [3.63, 3.8) is 0 Å². The molecule has 0 spiro atoms. The van der Waals surface area contributed by atoms with Crippen molar-refractivity contribution in [1.29, 1.82) is 0 Å². The highest BCUT2D eigenvalue weighted by atomic mass is 16.6. The number of nitro benzene ring substituents is 1. The van der Waals surface area contributed by atoms with E-state index in [2.05, 4.69) is 10.6 Å². The Labute approximate surface area is 110 Å². The normalized spacial score (nSPS) is 27.7. The Bertz CT molecular complexity index is 504. The molecule has 1 saturated carbocycles. The van der Waals surface area contributed by atoms with Crippen LogP contribution in [0.5, 0.6) is 0 Å². The van der Waals surface area contributed by atoms with Crippen LogP contribution in [0.2, 0.25) is 0 Å². The quantitative estimate of drug-likeness (QED) is 0.609. The van der Waals surface area contributed by atoms with Crippen LogP contribution in [0.1, 0.15) is 5.56 Å². The second kappa shape index (κ2) is 4.62. The number of nitrogens with zero attached hydrogens (tertiary/aromatic N) is 1. The van der Waals surface area contributed by atoms with E-state index in [0.29, 0.717) is 17.9 Å². The standard InChI is InChI=1S/C13H15N3O3/c17-12(15-13-10-6-14-7-11(10)13)5-8-1-3-9(4-2-8)16(18)19/h1-4,10-11,13-14H,5-7H2,(H,15,17). The Morgan fingerprint density at radius 1 is 1.32 bits per heavy atom.